The SMILES string of the molecule is CCNC(=NCc1ncccc1F)NCC(c1cccs1)N1CCOCC1. The lowest BCUT2D eigenvalue weighted by atomic mass is 10.2. The normalized spacial score (nSPS) is 16.9. The third kappa shape index (κ3) is 5.72. The van der Waals surface area contributed by atoms with Crippen molar-refractivity contribution in [1.29, 1.82) is 0 Å². The first-order chi connectivity index (χ1) is 13.3. The minimum absolute atomic E-state index is 0.198. The van der Waals surface area contributed by atoms with Crippen molar-refractivity contribution in [2.24, 2.45) is 4.99 Å². The van der Waals surface area contributed by atoms with E-state index >= 15 is 0 Å². The Balaban J connectivity index is 1.66. The van der Waals surface area contributed by atoms with Gasteiger partial charge in [-0.3, -0.25) is 9.88 Å². The zero-order valence-electron chi connectivity index (χ0n) is 15.5. The number of thiophene rings is 1. The van der Waals surface area contributed by atoms with Gasteiger partial charge in [-0.25, -0.2) is 9.38 Å². The van der Waals surface area contributed by atoms with Gasteiger partial charge >= 0.3 is 0 Å². The van der Waals surface area contributed by atoms with Crippen LogP contribution < -0.4 is 10.6 Å². The van der Waals surface area contributed by atoms with E-state index < -0.39 is 0 Å². The first-order valence-electron chi connectivity index (χ1n) is 9.24. The first kappa shape index (κ1) is 19.7. The average Bonchev–Trinajstić information content (AvgIpc) is 3.22. The Kier molecular flexibility index (Phi) is 7.55. The summed E-state index contributed by atoms with van der Waals surface area (Å²) in [6.45, 7) is 7.01. The van der Waals surface area contributed by atoms with Crippen molar-refractivity contribution in [3.05, 3.63) is 52.2 Å². The fourth-order valence-corrected chi connectivity index (χ4v) is 3.86. The van der Waals surface area contributed by atoms with E-state index in [0.29, 0.717) is 11.7 Å². The highest BCUT2D eigenvalue weighted by atomic mass is 32.1. The summed E-state index contributed by atoms with van der Waals surface area (Å²) in [5, 5.41) is 8.74. The molecule has 2 N–H and O–H groups in total. The molecule has 1 unspecified atom stereocenters. The quantitative estimate of drug-likeness (QED) is 0.561. The second kappa shape index (κ2) is 10.3. The lowest BCUT2D eigenvalue weighted by Crippen LogP contribution is -2.46. The highest BCUT2D eigenvalue weighted by Crippen LogP contribution is 2.25. The topological polar surface area (TPSA) is 61.8 Å². The fourth-order valence-electron chi connectivity index (χ4n) is 3.00. The monoisotopic (exact) mass is 391 g/mol. The maximum atomic E-state index is 13.8. The highest BCUT2D eigenvalue weighted by Gasteiger charge is 2.23. The summed E-state index contributed by atoms with van der Waals surface area (Å²) >= 11 is 1.76. The Morgan fingerprint density at radius 1 is 1.33 bits per heavy atom. The van der Waals surface area contributed by atoms with E-state index in [2.05, 4.69) is 43.0 Å². The van der Waals surface area contributed by atoms with Crippen molar-refractivity contribution in [3.63, 3.8) is 0 Å². The number of halogens is 1. The van der Waals surface area contributed by atoms with Crippen LogP contribution in [0.4, 0.5) is 4.39 Å². The standard InChI is InChI=1S/C19H26FN5OS/c1-2-21-19(23-13-16-15(20)5-3-7-22-16)24-14-17(18-6-4-12-27-18)25-8-10-26-11-9-25/h3-7,12,17H,2,8-11,13-14H2,1H3,(H2,21,23,24). The molecule has 2 aromatic rings. The van der Waals surface area contributed by atoms with Gasteiger partial charge in [-0.2, -0.15) is 0 Å². The van der Waals surface area contributed by atoms with Crippen molar-refractivity contribution in [2.45, 2.75) is 19.5 Å². The number of ether oxygens (including phenoxy) is 1. The maximum Gasteiger partial charge on any atom is 0.191 e. The zero-order chi connectivity index (χ0) is 18.9. The van der Waals surface area contributed by atoms with Crippen LogP contribution in [0.3, 0.4) is 0 Å². The molecule has 1 aliphatic heterocycles. The van der Waals surface area contributed by atoms with E-state index in [9.17, 15) is 4.39 Å². The Morgan fingerprint density at radius 2 is 2.19 bits per heavy atom. The predicted octanol–water partition coefficient (Wildman–Crippen LogP) is 2.41. The number of aromatic nitrogens is 1. The second-order valence-corrected chi connectivity index (χ2v) is 7.17. The number of hydrogen-bond acceptors (Lipinski definition) is 5. The summed E-state index contributed by atoms with van der Waals surface area (Å²) in [6.07, 6.45) is 1.58. The van der Waals surface area contributed by atoms with Crippen molar-refractivity contribution in [2.75, 3.05) is 39.4 Å². The number of hydrogen-bond donors (Lipinski definition) is 2. The molecule has 6 nitrogen and oxygen atoms in total. The summed E-state index contributed by atoms with van der Waals surface area (Å²) in [5.74, 6) is 0.333. The van der Waals surface area contributed by atoms with Gasteiger partial charge in [0.1, 0.15) is 5.82 Å². The molecular weight excluding hydrogens is 365 g/mol. The van der Waals surface area contributed by atoms with Crippen LogP contribution in [0.2, 0.25) is 0 Å². The first-order valence-corrected chi connectivity index (χ1v) is 10.1. The molecule has 1 saturated heterocycles. The molecular formula is C19H26FN5OS. The van der Waals surface area contributed by atoms with Gasteiger partial charge in [-0.15, -0.1) is 11.3 Å². The second-order valence-electron chi connectivity index (χ2n) is 6.19. The Bertz CT molecular complexity index is 719. The largest absolute Gasteiger partial charge is 0.379 e. The molecule has 3 rings (SSSR count). The predicted molar refractivity (Wildman–Crippen MR) is 106 cm³/mol. The van der Waals surface area contributed by atoms with E-state index in [1.165, 1.54) is 10.9 Å². The molecule has 1 fully saturated rings. The molecule has 0 aromatic carbocycles. The number of morpholine rings is 1. The van der Waals surface area contributed by atoms with Crippen LogP contribution in [0, 0.1) is 5.82 Å². The molecule has 0 radical (unpaired) electrons. The highest BCUT2D eigenvalue weighted by molar-refractivity contribution is 7.10. The third-order valence-electron chi connectivity index (χ3n) is 4.39. The number of rotatable bonds is 7. The van der Waals surface area contributed by atoms with Crippen LogP contribution in [-0.4, -0.2) is 55.2 Å². The Hall–Kier alpha value is -2.03. The molecule has 0 bridgehead atoms. The molecule has 0 aliphatic carbocycles. The van der Waals surface area contributed by atoms with E-state index in [4.69, 9.17) is 4.74 Å². The van der Waals surface area contributed by atoms with Crippen LogP contribution in [0.15, 0.2) is 40.8 Å². The summed E-state index contributed by atoms with van der Waals surface area (Å²) < 4.78 is 19.3. The number of guanidine groups is 1. The van der Waals surface area contributed by atoms with Gasteiger partial charge in [0.05, 0.1) is 31.5 Å². The minimum Gasteiger partial charge on any atom is -0.379 e. The molecule has 1 atom stereocenters. The molecule has 3 heterocycles. The van der Waals surface area contributed by atoms with E-state index in [1.54, 1.807) is 23.6 Å². The van der Waals surface area contributed by atoms with Gasteiger partial charge < -0.3 is 15.4 Å². The Morgan fingerprint density at radius 3 is 2.89 bits per heavy atom. The molecule has 1 aliphatic rings. The zero-order valence-corrected chi connectivity index (χ0v) is 16.3. The van der Waals surface area contributed by atoms with E-state index in [1.807, 2.05) is 6.92 Å². The lowest BCUT2D eigenvalue weighted by molar-refractivity contribution is 0.0177. The lowest BCUT2D eigenvalue weighted by Gasteiger charge is -2.34. The fraction of sp³-hybridized carbons (Fsp3) is 0.474. The average molecular weight is 392 g/mol. The number of nitrogens with zero attached hydrogens (tertiary/aromatic N) is 3. The van der Waals surface area contributed by atoms with Crippen LogP contribution >= 0.6 is 11.3 Å². The van der Waals surface area contributed by atoms with Gasteiger partial charge in [0, 0.05) is 37.3 Å². The van der Waals surface area contributed by atoms with Crippen molar-refractivity contribution in [3.8, 4) is 0 Å². The van der Waals surface area contributed by atoms with Gasteiger partial charge in [0.2, 0.25) is 0 Å². The molecule has 0 amide bonds. The van der Waals surface area contributed by atoms with Crippen molar-refractivity contribution >= 4 is 17.3 Å². The van der Waals surface area contributed by atoms with Crippen LogP contribution in [0.1, 0.15) is 23.5 Å². The summed E-state index contributed by atoms with van der Waals surface area (Å²) in [4.78, 5) is 12.3. The third-order valence-corrected chi connectivity index (χ3v) is 5.36. The van der Waals surface area contributed by atoms with Crippen LogP contribution in [0.5, 0.6) is 0 Å². The maximum absolute atomic E-state index is 13.8. The molecule has 2 aromatic heterocycles. The van der Waals surface area contributed by atoms with Gasteiger partial charge in [-0.1, -0.05) is 6.07 Å². The van der Waals surface area contributed by atoms with Crippen LogP contribution in [-0.2, 0) is 11.3 Å². The van der Waals surface area contributed by atoms with Gasteiger partial charge in [0.15, 0.2) is 5.96 Å². The number of pyridine rings is 1. The number of aliphatic imine (C=N–C) groups is 1. The minimum atomic E-state index is -0.332. The Labute approximate surface area is 163 Å². The molecule has 146 valence electrons. The summed E-state index contributed by atoms with van der Waals surface area (Å²) in [5.41, 5.74) is 0.345. The molecule has 27 heavy (non-hydrogen) atoms. The van der Waals surface area contributed by atoms with Crippen LogP contribution in [0.25, 0.3) is 0 Å². The van der Waals surface area contributed by atoms with Crippen molar-refractivity contribution in [1.82, 2.24) is 20.5 Å². The molecule has 0 spiro atoms. The molecule has 8 heteroatoms. The number of nitrogens with one attached hydrogen (secondary N) is 2. The smallest absolute Gasteiger partial charge is 0.191 e. The molecule has 0 saturated carbocycles. The van der Waals surface area contributed by atoms with Gasteiger partial charge in [-0.05, 0) is 30.5 Å². The summed E-state index contributed by atoms with van der Waals surface area (Å²) in [7, 11) is 0. The van der Waals surface area contributed by atoms with Crippen molar-refractivity contribution < 1.29 is 9.13 Å². The van der Waals surface area contributed by atoms with Gasteiger partial charge in [0.25, 0.3) is 0 Å². The summed E-state index contributed by atoms with van der Waals surface area (Å²) in [6, 6.07) is 7.49. The van der Waals surface area contributed by atoms with E-state index in [-0.39, 0.29) is 18.4 Å². The van der Waals surface area contributed by atoms with E-state index in [0.717, 1.165) is 39.4 Å².